The van der Waals surface area contributed by atoms with Gasteiger partial charge in [-0.15, -0.1) is 12.4 Å². The number of nitrogens with zero attached hydrogens (tertiary/aromatic N) is 1. The first-order valence-electron chi connectivity index (χ1n) is 16.3. The van der Waals surface area contributed by atoms with E-state index in [1.54, 1.807) is 12.1 Å². The molecular formula is C39H45ClFN3O3. The van der Waals surface area contributed by atoms with E-state index in [9.17, 15) is 14.0 Å². The van der Waals surface area contributed by atoms with Crippen LogP contribution in [0.4, 0.5) is 9.18 Å². The predicted octanol–water partition coefficient (Wildman–Crippen LogP) is 7.31. The SMILES string of the molecule is Cl.O=C(CNC(=O)OCc1ccccc1)NCC(CCCN1CCC(Cc2ccc(F)cc2)CC1)(c1ccccc1)c1ccccc1. The number of hydrogen-bond acceptors (Lipinski definition) is 4. The zero-order chi connectivity index (χ0) is 32.0. The number of piperidine rings is 1. The molecule has 8 heteroatoms. The maximum absolute atomic E-state index is 13.3. The maximum Gasteiger partial charge on any atom is 0.407 e. The van der Waals surface area contributed by atoms with Crippen LogP contribution < -0.4 is 10.6 Å². The Labute approximate surface area is 284 Å². The number of carbonyl (C=O) groups is 2. The molecule has 4 aromatic rings. The third-order valence-corrected chi connectivity index (χ3v) is 9.07. The number of alkyl carbamates (subject to hydrolysis) is 1. The molecule has 1 heterocycles. The van der Waals surface area contributed by atoms with Gasteiger partial charge in [0.25, 0.3) is 0 Å². The lowest BCUT2D eigenvalue weighted by Crippen LogP contribution is -2.45. The number of amides is 2. The predicted molar refractivity (Wildman–Crippen MR) is 187 cm³/mol. The van der Waals surface area contributed by atoms with Crippen LogP contribution in [-0.2, 0) is 28.0 Å². The number of hydrogen-bond donors (Lipinski definition) is 2. The Morgan fingerprint density at radius 2 is 1.34 bits per heavy atom. The molecule has 1 aliphatic heterocycles. The van der Waals surface area contributed by atoms with Crippen molar-refractivity contribution in [2.45, 2.75) is 44.1 Å². The number of likely N-dealkylation sites (tertiary alicyclic amines) is 1. The fourth-order valence-electron chi connectivity index (χ4n) is 6.47. The summed E-state index contributed by atoms with van der Waals surface area (Å²) < 4.78 is 18.6. The van der Waals surface area contributed by atoms with Crippen LogP contribution in [0.5, 0.6) is 0 Å². The molecule has 4 aromatic carbocycles. The number of ether oxygens (including phenoxy) is 1. The Bertz CT molecular complexity index is 1460. The van der Waals surface area contributed by atoms with E-state index in [0.717, 1.165) is 68.4 Å². The second-order valence-corrected chi connectivity index (χ2v) is 12.2. The third kappa shape index (κ3) is 10.7. The molecule has 1 aliphatic rings. The lowest BCUT2D eigenvalue weighted by Gasteiger charge is -2.37. The summed E-state index contributed by atoms with van der Waals surface area (Å²) in [6.45, 7) is 3.47. The maximum atomic E-state index is 13.3. The molecule has 0 saturated carbocycles. The van der Waals surface area contributed by atoms with E-state index in [1.165, 1.54) is 5.56 Å². The second kappa shape index (κ2) is 18.2. The number of nitrogens with one attached hydrogen (secondary N) is 2. The zero-order valence-corrected chi connectivity index (χ0v) is 27.6. The van der Waals surface area contributed by atoms with Gasteiger partial charge in [0.05, 0.1) is 6.54 Å². The fraction of sp³-hybridized carbons (Fsp3) is 0.333. The number of rotatable bonds is 14. The summed E-state index contributed by atoms with van der Waals surface area (Å²) in [5.74, 6) is 0.168. The highest BCUT2D eigenvalue weighted by Crippen LogP contribution is 2.37. The van der Waals surface area contributed by atoms with Gasteiger partial charge < -0.3 is 20.3 Å². The highest BCUT2D eigenvalue weighted by atomic mass is 35.5. The molecule has 0 atom stereocenters. The van der Waals surface area contributed by atoms with E-state index in [1.807, 2.05) is 78.9 Å². The summed E-state index contributed by atoms with van der Waals surface area (Å²) in [6, 6.07) is 37.1. The van der Waals surface area contributed by atoms with Crippen molar-refractivity contribution in [3.8, 4) is 0 Å². The minimum absolute atomic E-state index is 0. The van der Waals surface area contributed by atoms with Crippen molar-refractivity contribution in [3.05, 3.63) is 143 Å². The van der Waals surface area contributed by atoms with Crippen molar-refractivity contribution in [3.63, 3.8) is 0 Å². The summed E-state index contributed by atoms with van der Waals surface area (Å²) in [4.78, 5) is 27.8. The van der Waals surface area contributed by atoms with Crippen LogP contribution in [0.15, 0.2) is 115 Å². The number of carbonyl (C=O) groups excluding carboxylic acids is 2. The standard InChI is InChI=1S/C39H44FN3O3.ClH/c40-36-19-17-31(18-20-36)27-32-21-25-43(26-22-32)24-10-23-39(34-13-6-2-7-14-34,35-15-8-3-9-16-35)30-42-37(44)28-41-38(45)46-29-33-11-4-1-5-12-33;/h1-9,11-20,32H,10,21-30H2,(H,41,45)(H,42,44);1H. The second-order valence-electron chi connectivity index (χ2n) is 12.2. The normalized spacial score (nSPS) is 13.7. The van der Waals surface area contributed by atoms with Gasteiger partial charge in [-0.25, -0.2) is 9.18 Å². The van der Waals surface area contributed by atoms with Gasteiger partial charge in [-0.05, 0) is 92.0 Å². The summed E-state index contributed by atoms with van der Waals surface area (Å²) in [5.41, 5.74) is 3.94. The average molecular weight is 658 g/mol. The van der Waals surface area contributed by atoms with E-state index in [0.29, 0.717) is 12.5 Å². The quantitative estimate of drug-likeness (QED) is 0.149. The molecule has 0 bridgehead atoms. The van der Waals surface area contributed by atoms with Gasteiger partial charge in [-0.2, -0.15) is 0 Å². The van der Waals surface area contributed by atoms with E-state index in [4.69, 9.17) is 4.74 Å². The first-order valence-corrected chi connectivity index (χ1v) is 16.3. The van der Waals surface area contributed by atoms with Crippen molar-refractivity contribution < 1.29 is 18.7 Å². The molecule has 5 rings (SSSR count). The molecule has 0 aliphatic carbocycles. The van der Waals surface area contributed by atoms with E-state index >= 15 is 0 Å². The first-order chi connectivity index (χ1) is 22.5. The molecule has 0 radical (unpaired) electrons. The van der Waals surface area contributed by atoms with Gasteiger partial charge in [0.1, 0.15) is 12.4 Å². The van der Waals surface area contributed by atoms with Crippen molar-refractivity contribution in [2.75, 3.05) is 32.7 Å². The number of benzene rings is 4. The molecule has 1 fully saturated rings. The van der Waals surface area contributed by atoms with Gasteiger partial charge in [-0.1, -0.05) is 103 Å². The molecule has 47 heavy (non-hydrogen) atoms. The van der Waals surface area contributed by atoms with E-state index in [-0.39, 0.29) is 37.3 Å². The Hall–Kier alpha value is -4.20. The van der Waals surface area contributed by atoms with Crippen LogP contribution in [0.25, 0.3) is 0 Å². The van der Waals surface area contributed by atoms with Crippen LogP contribution in [0.1, 0.15) is 47.9 Å². The van der Waals surface area contributed by atoms with Crippen molar-refractivity contribution in [1.82, 2.24) is 15.5 Å². The molecule has 248 valence electrons. The molecule has 0 aromatic heterocycles. The Kier molecular flexibility index (Phi) is 13.8. The van der Waals surface area contributed by atoms with E-state index in [2.05, 4.69) is 39.8 Å². The van der Waals surface area contributed by atoms with Crippen molar-refractivity contribution in [1.29, 1.82) is 0 Å². The minimum Gasteiger partial charge on any atom is -0.445 e. The Morgan fingerprint density at radius 1 is 0.766 bits per heavy atom. The number of halogens is 2. The van der Waals surface area contributed by atoms with Gasteiger partial charge in [0.15, 0.2) is 0 Å². The lowest BCUT2D eigenvalue weighted by molar-refractivity contribution is -0.120. The van der Waals surface area contributed by atoms with Crippen LogP contribution in [-0.4, -0.2) is 49.6 Å². The first kappa shape index (κ1) is 35.7. The van der Waals surface area contributed by atoms with Crippen molar-refractivity contribution >= 4 is 24.4 Å². The Balaban J connectivity index is 0.00000500. The van der Waals surface area contributed by atoms with Crippen molar-refractivity contribution in [2.24, 2.45) is 5.92 Å². The largest absolute Gasteiger partial charge is 0.445 e. The van der Waals surface area contributed by atoms with Crippen LogP contribution in [0.3, 0.4) is 0 Å². The highest BCUT2D eigenvalue weighted by Gasteiger charge is 2.34. The van der Waals surface area contributed by atoms with Crippen LogP contribution in [0, 0.1) is 11.7 Å². The summed E-state index contributed by atoms with van der Waals surface area (Å²) in [6.07, 6.45) is 4.46. The Morgan fingerprint density at radius 3 is 1.94 bits per heavy atom. The molecule has 2 amide bonds. The lowest BCUT2D eigenvalue weighted by atomic mass is 9.71. The summed E-state index contributed by atoms with van der Waals surface area (Å²) >= 11 is 0. The van der Waals surface area contributed by atoms with Gasteiger partial charge in [0, 0.05) is 12.0 Å². The minimum atomic E-state index is -0.627. The van der Waals surface area contributed by atoms with Gasteiger partial charge in [-0.3, -0.25) is 4.79 Å². The van der Waals surface area contributed by atoms with Gasteiger partial charge >= 0.3 is 6.09 Å². The topological polar surface area (TPSA) is 70.7 Å². The molecule has 0 unspecified atom stereocenters. The monoisotopic (exact) mass is 657 g/mol. The molecular weight excluding hydrogens is 613 g/mol. The summed E-state index contributed by atoms with van der Waals surface area (Å²) in [5, 5.41) is 5.70. The van der Waals surface area contributed by atoms with Gasteiger partial charge in [0.2, 0.25) is 5.91 Å². The molecule has 1 saturated heterocycles. The molecule has 6 nitrogen and oxygen atoms in total. The zero-order valence-electron chi connectivity index (χ0n) is 26.8. The molecule has 2 N–H and O–H groups in total. The van der Waals surface area contributed by atoms with E-state index < -0.39 is 11.5 Å². The highest BCUT2D eigenvalue weighted by molar-refractivity contribution is 5.85. The summed E-state index contributed by atoms with van der Waals surface area (Å²) in [7, 11) is 0. The van der Waals surface area contributed by atoms with Crippen LogP contribution >= 0.6 is 12.4 Å². The van der Waals surface area contributed by atoms with Crippen LogP contribution in [0.2, 0.25) is 0 Å². The average Bonchev–Trinajstić information content (AvgIpc) is 3.11. The molecule has 0 spiro atoms. The smallest absolute Gasteiger partial charge is 0.407 e. The fourth-order valence-corrected chi connectivity index (χ4v) is 6.47. The third-order valence-electron chi connectivity index (χ3n) is 9.07.